The van der Waals surface area contributed by atoms with Gasteiger partial charge in [-0.15, -0.1) is 0 Å². The highest BCUT2D eigenvalue weighted by Crippen LogP contribution is 2.51. The molecule has 4 atom stereocenters. The maximum atomic E-state index is 11.9. The first-order valence-corrected chi connectivity index (χ1v) is 11.1. The van der Waals surface area contributed by atoms with Crippen molar-refractivity contribution in [2.24, 2.45) is 16.5 Å². The molecule has 3 heterocycles. The number of hydrogen-bond acceptors (Lipinski definition) is 4. The summed E-state index contributed by atoms with van der Waals surface area (Å²) >= 11 is 6.25. The van der Waals surface area contributed by atoms with E-state index in [2.05, 4.69) is 10.2 Å². The largest absolute Gasteiger partial charge is 0.388 e. The van der Waals surface area contributed by atoms with Crippen molar-refractivity contribution in [2.45, 2.75) is 57.7 Å². The molecule has 27 heavy (non-hydrogen) atoms. The molecule has 2 fully saturated rings. The third kappa shape index (κ3) is 3.17. The summed E-state index contributed by atoms with van der Waals surface area (Å²) < 4.78 is 25.4. The molecular weight excluding hydrogens is 388 g/mol. The van der Waals surface area contributed by atoms with Crippen molar-refractivity contribution in [1.82, 2.24) is 14.5 Å². The number of H-pyrrole nitrogens is 1. The standard InChI is InChI=1S/C18H25ClN4O3S/c1-18(2,11-6-13-3-4-14(7-11)23(13)27(20,25)26)17(24)15-8-12(19)5-10-9-21-22-16(10)15/h5,8-9,11,13-14,17,24H,3-4,6-7H2,1-2H3,(H,21,22)(H2,20,25,26)/t11?,13-,14+,17?. The molecule has 0 saturated carbocycles. The van der Waals surface area contributed by atoms with Gasteiger partial charge in [0.2, 0.25) is 0 Å². The van der Waals surface area contributed by atoms with Crippen LogP contribution in [0.25, 0.3) is 10.9 Å². The number of nitrogens with one attached hydrogen (secondary N) is 1. The maximum absolute atomic E-state index is 11.9. The summed E-state index contributed by atoms with van der Waals surface area (Å²) in [6, 6.07) is 3.43. The number of aromatic nitrogens is 2. The van der Waals surface area contributed by atoms with Crippen LogP contribution in [0.1, 0.15) is 51.2 Å². The molecular formula is C18H25ClN4O3S. The van der Waals surface area contributed by atoms with E-state index in [9.17, 15) is 13.5 Å². The third-order valence-electron chi connectivity index (χ3n) is 6.56. The molecule has 2 unspecified atom stereocenters. The van der Waals surface area contributed by atoms with Crippen molar-refractivity contribution < 1.29 is 13.5 Å². The Hall–Kier alpha value is -1.19. The van der Waals surface area contributed by atoms with Crippen molar-refractivity contribution >= 4 is 32.7 Å². The molecule has 0 spiro atoms. The van der Waals surface area contributed by atoms with Gasteiger partial charge in [-0.05, 0) is 49.1 Å². The van der Waals surface area contributed by atoms with E-state index in [1.54, 1.807) is 12.3 Å². The minimum Gasteiger partial charge on any atom is -0.388 e. The summed E-state index contributed by atoms with van der Waals surface area (Å²) in [7, 11) is -3.69. The van der Waals surface area contributed by atoms with Crippen LogP contribution in [0.15, 0.2) is 18.3 Å². The zero-order valence-corrected chi connectivity index (χ0v) is 17.0. The van der Waals surface area contributed by atoms with Gasteiger partial charge in [-0.25, -0.2) is 5.14 Å². The summed E-state index contributed by atoms with van der Waals surface area (Å²) in [5.41, 5.74) is 1.04. The van der Waals surface area contributed by atoms with E-state index in [0.29, 0.717) is 17.9 Å². The van der Waals surface area contributed by atoms with E-state index in [1.807, 2.05) is 19.9 Å². The predicted octanol–water partition coefficient (Wildman–Crippen LogP) is 2.72. The fourth-order valence-electron chi connectivity index (χ4n) is 5.04. The van der Waals surface area contributed by atoms with Gasteiger partial charge in [-0.2, -0.15) is 17.8 Å². The Balaban J connectivity index is 1.65. The van der Waals surface area contributed by atoms with Gasteiger partial charge in [0.05, 0.1) is 17.8 Å². The number of piperidine rings is 1. The van der Waals surface area contributed by atoms with Crippen molar-refractivity contribution in [3.8, 4) is 0 Å². The highest BCUT2D eigenvalue weighted by atomic mass is 35.5. The predicted molar refractivity (Wildman–Crippen MR) is 104 cm³/mol. The number of benzene rings is 1. The Bertz CT molecular complexity index is 960. The molecule has 4 rings (SSSR count). The topological polar surface area (TPSA) is 112 Å². The van der Waals surface area contributed by atoms with Crippen LogP contribution in [0.5, 0.6) is 0 Å². The zero-order chi connectivity index (χ0) is 19.6. The third-order valence-corrected chi connectivity index (χ3v) is 7.96. The highest BCUT2D eigenvalue weighted by Gasteiger charge is 2.50. The Labute approximate surface area is 164 Å². The maximum Gasteiger partial charge on any atom is 0.277 e. The second-order valence-electron chi connectivity index (χ2n) is 8.48. The minimum absolute atomic E-state index is 0.0817. The van der Waals surface area contributed by atoms with E-state index in [4.69, 9.17) is 16.7 Å². The molecule has 2 bridgehead atoms. The first-order chi connectivity index (χ1) is 12.6. The van der Waals surface area contributed by atoms with Gasteiger partial charge < -0.3 is 5.11 Å². The van der Waals surface area contributed by atoms with Crippen LogP contribution >= 0.6 is 11.6 Å². The van der Waals surface area contributed by atoms with Crippen molar-refractivity contribution in [3.05, 3.63) is 28.9 Å². The van der Waals surface area contributed by atoms with Gasteiger partial charge in [0, 0.05) is 28.1 Å². The van der Waals surface area contributed by atoms with Gasteiger partial charge in [0.15, 0.2) is 0 Å². The summed E-state index contributed by atoms with van der Waals surface area (Å²) in [5, 5.41) is 25.2. The number of aliphatic hydroxyl groups is 1. The van der Waals surface area contributed by atoms with Crippen LogP contribution < -0.4 is 5.14 Å². The van der Waals surface area contributed by atoms with E-state index >= 15 is 0 Å². The number of fused-ring (bicyclic) bond motifs is 3. The number of hydrogen-bond donors (Lipinski definition) is 3. The molecule has 148 valence electrons. The van der Waals surface area contributed by atoms with E-state index in [-0.39, 0.29) is 18.0 Å². The highest BCUT2D eigenvalue weighted by molar-refractivity contribution is 7.86. The number of halogens is 1. The summed E-state index contributed by atoms with van der Waals surface area (Å²) in [4.78, 5) is 0. The lowest BCUT2D eigenvalue weighted by atomic mass is 9.67. The van der Waals surface area contributed by atoms with Crippen molar-refractivity contribution in [3.63, 3.8) is 0 Å². The molecule has 4 N–H and O–H groups in total. The lowest BCUT2D eigenvalue weighted by molar-refractivity contribution is -0.0222. The Kier molecular flexibility index (Phi) is 4.55. The van der Waals surface area contributed by atoms with Crippen LogP contribution in [0.2, 0.25) is 5.02 Å². The second kappa shape index (κ2) is 6.42. The number of nitrogens with two attached hydrogens (primary N) is 1. The minimum atomic E-state index is -3.69. The second-order valence-corrected chi connectivity index (χ2v) is 10.4. The molecule has 2 aliphatic heterocycles. The average molecular weight is 413 g/mol. The number of aliphatic hydroxyl groups excluding tert-OH is 1. The van der Waals surface area contributed by atoms with Crippen molar-refractivity contribution in [2.75, 3.05) is 0 Å². The quantitative estimate of drug-likeness (QED) is 0.716. The Morgan fingerprint density at radius 2 is 1.96 bits per heavy atom. The molecule has 2 aliphatic rings. The van der Waals surface area contributed by atoms with Gasteiger partial charge in [-0.1, -0.05) is 25.4 Å². The normalized spacial score (nSPS) is 28.0. The SMILES string of the molecule is CC(C)(C1C[C@H]2CC[C@@H](C1)N2S(N)(=O)=O)C(O)c1cc(Cl)cc2cn[nH]c12. The fourth-order valence-corrected chi connectivity index (χ4v) is 6.49. The number of aromatic amines is 1. The first-order valence-electron chi connectivity index (χ1n) is 9.21. The summed E-state index contributed by atoms with van der Waals surface area (Å²) in [6.45, 7) is 4.08. The zero-order valence-electron chi connectivity index (χ0n) is 15.4. The molecule has 9 heteroatoms. The van der Waals surface area contributed by atoms with Gasteiger partial charge >= 0.3 is 0 Å². The molecule has 2 aromatic rings. The van der Waals surface area contributed by atoms with Gasteiger partial charge in [-0.3, -0.25) is 5.10 Å². The van der Waals surface area contributed by atoms with E-state index in [0.717, 1.165) is 29.3 Å². The number of nitrogens with zero attached hydrogens (tertiary/aromatic N) is 2. The monoisotopic (exact) mass is 412 g/mol. The Morgan fingerprint density at radius 3 is 2.56 bits per heavy atom. The lowest BCUT2D eigenvalue weighted by Crippen LogP contribution is -2.52. The van der Waals surface area contributed by atoms with Crippen LogP contribution in [0, 0.1) is 11.3 Å². The average Bonchev–Trinajstić information content (AvgIpc) is 3.15. The molecule has 2 saturated heterocycles. The smallest absolute Gasteiger partial charge is 0.277 e. The molecule has 7 nitrogen and oxygen atoms in total. The fraction of sp³-hybridized carbons (Fsp3) is 0.611. The molecule has 0 radical (unpaired) electrons. The first kappa shape index (κ1) is 19.1. The van der Waals surface area contributed by atoms with Crippen LogP contribution in [-0.4, -0.2) is 40.1 Å². The van der Waals surface area contributed by atoms with Crippen LogP contribution in [0.4, 0.5) is 0 Å². The lowest BCUT2D eigenvalue weighted by Gasteiger charge is -2.45. The number of rotatable bonds is 4. The van der Waals surface area contributed by atoms with Gasteiger partial charge in [0.1, 0.15) is 0 Å². The molecule has 1 aromatic carbocycles. The molecule has 0 aliphatic carbocycles. The molecule has 1 aromatic heterocycles. The van der Waals surface area contributed by atoms with E-state index in [1.165, 1.54) is 4.31 Å². The summed E-state index contributed by atoms with van der Waals surface area (Å²) in [6.07, 6.45) is 3.98. The van der Waals surface area contributed by atoms with Crippen LogP contribution in [-0.2, 0) is 10.2 Å². The molecule has 0 amide bonds. The summed E-state index contributed by atoms with van der Waals surface area (Å²) in [5.74, 6) is 0.167. The van der Waals surface area contributed by atoms with Crippen molar-refractivity contribution in [1.29, 1.82) is 0 Å². The van der Waals surface area contributed by atoms with E-state index < -0.39 is 21.7 Å². The Morgan fingerprint density at radius 1 is 1.33 bits per heavy atom. The van der Waals surface area contributed by atoms with Gasteiger partial charge in [0.25, 0.3) is 10.2 Å². The van der Waals surface area contributed by atoms with Crippen LogP contribution in [0.3, 0.4) is 0 Å².